The van der Waals surface area contributed by atoms with Gasteiger partial charge in [-0.2, -0.15) is 5.10 Å². The molecule has 5 heteroatoms. The van der Waals surface area contributed by atoms with Crippen molar-refractivity contribution in [2.45, 2.75) is 59.7 Å². The Labute approximate surface area is 115 Å². The maximum atomic E-state index is 11.8. The quantitative estimate of drug-likeness (QED) is 0.846. The van der Waals surface area contributed by atoms with E-state index in [4.69, 9.17) is 4.74 Å². The number of rotatable bonds is 4. The molecule has 1 heterocycles. The summed E-state index contributed by atoms with van der Waals surface area (Å²) in [5.41, 5.74) is 2.79. The minimum atomic E-state index is -0.451. The van der Waals surface area contributed by atoms with Crippen molar-refractivity contribution in [2.24, 2.45) is 7.05 Å². The number of aryl methyl sites for hydroxylation is 2. The van der Waals surface area contributed by atoms with Crippen molar-refractivity contribution in [2.75, 3.05) is 0 Å². The fourth-order valence-electron chi connectivity index (χ4n) is 1.80. The highest BCUT2D eigenvalue weighted by atomic mass is 16.6. The van der Waals surface area contributed by atoms with Crippen LogP contribution in [0.2, 0.25) is 0 Å². The van der Waals surface area contributed by atoms with E-state index in [-0.39, 0.29) is 12.0 Å². The third-order valence-corrected chi connectivity index (χ3v) is 3.00. The maximum absolute atomic E-state index is 11.8. The second-order valence-corrected chi connectivity index (χ2v) is 5.91. The number of ether oxygens (including phenoxy) is 1. The lowest BCUT2D eigenvalue weighted by Gasteiger charge is -2.22. The van der Waals surface area contributed by atoms with Gasteiger partial charge >= 0.3 is 5.97 Å². The second-order valence-electron chi connectivity index (χ2n) is 5.91. The van der Waals surface area contributed by atoms with Crippen molar-refractivity contribution in [1.29, 1.82) is 0 Å². The fraction of sp³-hybridized carbons (Fsp3) is 0.714. The molecule has 0 amide bonds. The Hall–Kier alpha value is -1.36. The molecule has 0 fully saturated rings. The van der Waals surface area contributed by atoms with Gasteiger partial charge in [-0.15, -0.1) is 0 Å². The molecule has 0 aliphatic heterocycles. The average Bonchev–Trinajstić information content (AvgIpc) is 2.48. The second kappa shape index (κ2) is 5.74. The zero-order valence-corrected chi connectivity index (χ0v) is 13.0. The van der Waals surface area contributed by atoms with E-state index >= 15 is 0 Å². The molecule has 0 aliphatic rings. The van der Waals surface area contributed by atoms with E-state index in [1.54, 1.807) is 0 Å². The fourth-order valence-corrected chi connectivity index (χ4v) is 1.80. The lowest BCUT2D eigenvalue weighted by Crippen LogP contribution is -2.39. The van der Waals surface area contributed by atoms with Crippen LogP contribution in [-0.2, 0) is 23.1 Å². The molecule has 0 aromatic carbocycles. The van der Waals surface area contributed by atoms with Crippen molar-refractivity contribution in [1.82, 2.24) is 15.1 Å². The summed E-state index contributed by atoms with van der Waals surface area (Å²) in [6.45, 7) is 12.0. The molecule has 0 saturated carbocycles. The first kappa shape index (κ1) is 15.7. The van der Waals surface area contributed by atoms with Crippen LogP contribution in [0.3, 0.4) is 0 Å². The highest BCUT2D eigenvalue weighted by Crippen LogP contribution is 2.12. The average molecular weight is 267 g/mol. The number of nitrogens with zero attached hydrogens (tertiary/aromatic N) is 2. The Morgan fingerprint density at radius 1 is 1.42 bits per heavy atom. The number of carbonyl (C=O) groups is 1. The smallest absolute Gasteiger partial charge is 0.323 e. The Bertz CT molecular complexity index is 458. The summed E-state index contributed by atoms with van der Waals surface area (Å²) in [4.78, 5) is 11.8. The van der Waals surface area contributed by atoms with Gasteiger partial charge in [0.1, 0.15) is 11.6 Å². The highest BCUT2D eigenvalue weighted by Gasteiger charge is 2.21. The monoisotopic (exact) mass is 267 g/mol. The lowest BCUT2D eigenvalue weighted by molar-refractivity contribution is -0.157. The van der Waals surface area contributed by atoms with Crippen LogP contribution in [0, 0.1) is 13.8 Å². The topological polar surface area (TPSA) is 56.2 Å². The van der Waals surface area contributed by atoms with Crippen molar-refractivity contribution in [3.63, 3.8) is 0 Å². The largest absolute Gasteiger partial charge is 0.459 e. The van der Waals surface area contributed by atoms with Crippen LogP contribution in [0.4, 0.5) is 0 Å². The molecule has 0 spiro atoms. The summed E-state index contributed by atoms with van der Waals surface area (Å²) in [6.07, 6.45) is 0. The van der Waals surface area contributed by atoms with E-state index in [1.165, 1.54) is 0 Å². The Kier molecular flexibility index (Phi) is 4.74. The van der Waals surface area contributed by atoms with Gasteiger partial charge in [0.15, 0.2) is 0 Å². The molecule has 1 aromatic heterocycles. The zero-order valence-electron chi connectivity index (χ0n) is 13.0. The molecule has 1 rings (SSSR count). The summed E-state index contributed by atoms with van der Waals surface area (Å²) in [5.74, 6) is -0.230. The van der Waals surface area contributed by atoms with Crippen molar-refractivity contribution in [3.05, 3.63) is 17.0 Å². The lowest BCUT2D eigenvalue weighted by atomic mass is 10.1. The number of nitrogens with one attached hydrogen (secondary N) is 1. The number of esters is 1. The molecule has 1 unspecified atom stereocenters. The molecular weight excluding hydrogens is 242 g/mol. The number of carbonyl (C=O) groups excluding carboxylic acids is 1. The van der Waals surface area contributed by atoms with Gasteiger partial charge in [-0.05, 0) is 41.5 Å². The van der Waals surface area contributed by atoms with Gasteiger partial charge < -0.3 is 10.1 Å². The van der Waals surface area contributed by atoms with E-state index in [2.05, 4.69) is 10.4 Å². The molecule has 1 atom stereocenters. The maximum Gasteiger partial charge on any atom is 0.323 e. The van der Waals surface area contributed by atoms with E-state index in [0.29, 0.717) is 6.54 Å². The number of hydrogen-bond acceptors (Lipinski definition) is 4. The predicted molar refractivity (Wildman–Crippen MR) is 74.8 cm³/mol. The van der Waals surface area contributed by atoms with Crippen LogP contribution in [0.15, 0.2) is 0 Å². The SMILES string of the molecule is Cc1nn(C)c(C)c1CNC(C)C(=O)OC(C)(C)C. The van der Waals surface area contributed by atoms with Crippen molar-refractivity contribution in [3.8, 4) is 0 Å². The highest BCUT2D eigenvalue weighted by molar-refractivity contribution is 5.75. The predicted octanol–water partition coefficient (Wildman–Crippen LogP) is 1.86. The van der Waals surface area contributed by atoms with E-state index in [9.17, 15) is 4.79 Å². The summed E-state index contributed by atoms with van der Waals surface area (Å²) in [7, 11) is 1.92. The van der Waals surface area contributed by atoms with E-state index in [0.717, 1.165) is 17.0 Å². The number of hydrogen-bond donors (Lipinski definition) is 1. The van der Waals surface area contributed by atoms with Crippen LogP contribution >= 0.6 is 0 Å². The molecule has 0 aliphatic carbocycles. The molecule has 0 bridgehead atoms. The molecule has 1 N–H and O–H groups in total. The Morgan fingerprint density at radius 3 is 2.42 bits per heavy atom. The minimum Gasteiger partial charge on any atom is -0.459 e. The van der Waals surface area contributed by atoms with Crippen LogP contribution in [0.1, 0.15) is 44.6 Å². The molecule has 1 aromatic rings. The molecular formula is C14H25N3O2. The summed E-state index contributed by atoms with van der Waals surface area (Å²) >= 11 is 0. The molecule has 0 saturated heterocycles. The van der Waals surface area contributed by atoms with Gasteiger partial charge in [0.05, 0.1) is 5.69 Å². The molecule has 5 nitrogen and oxygen atoms in total. The summed E-state index contributed by atoms with van der Waals surface area (Å²) in [5, 5.41) is 7.54. The minimum absolute atomic E-state index is 0.230. The van der Waals surface area contributed by atoms with Crippen LogP contribution in [0.5, 0.6) is 0 Å². The van der Waals surface area contributed by atoms with Crippen LogP contribution in [-0.4, -0.2) is 27.4 Å². The van der Waals surface area contributed by atoms with Gasteiger partial charge in [-0.25, -0.2) is 0 Å². The van der Waals surface area contributed by atoms with Gasteiger partial charge in [0.2, 0.25) is 0 Å². The van der Waals surface area contributed by atoms with Gasteiger partial charge in [-0.3, -0.25) is 9.48 Å². The normalized spacial score (nSPS) is 13.4. The van der Waals surface area contributed by atoms with Gasteiger partial charge in [-0.1, -0.05) is 0 Å². The summed E-state index contributed by atoms with van der Waals surface area (Å²) in [6, 6.07) is -0.335. The van der Waals surface area contributed by atoms with Crippen LogP contribution < -0.4 is 5.32 Å². The van der Waals surface area contributed by atoms with Gasteiger partial charge in [0.25, 0.3) is 0 Å². The first-order chi connectivity index (χ1) is 8.61. The Balaban J connectivity index is 2.59. The first-order valence-corrected chi connectivity index (χ1v) is 6.57. The third kappa shape index (κ3) is 4.35. The van der Waals surface area contributed by atoms with E-state index in [1.807, 2.05) is 53.3 Å². The van der Waals surface area contributed by atoms with Crippen molar-refractivity contribution < 1.29 is 9.53 Å². The molecule has 0 radical (unpaired) electrons. The third-order valence-electron chi connectivity index (χ3n) is 3.00. The van der Waals surface area contributed by atoms with Gasteiger partial charge in [0, 0.05) is 24.8 Å². The zero-order chi connectivity index (χ0) is 14.8. The number of aromatic nitrogens is 2. The molecule has 19 heavy (non-hydrogen) atoms. The first-order valence-electron chi connectivity index (χ1n) is 6.57. The van der Waals surface area contributed by atoms with Crippen LogP contribution in [0.25, 0.3) is 0 Å². The van der Waals surface area contributed by atoms with Crippen molar-refractivity contribution >= 4 is 5.97 Å². The Morgan fingerprint density at radius 2 is 2.00 bits per heavy atom. The standard InChI is InChI=1S/C14H25N3O2/c1-9-12(11(3)17(7)16-9)8-15-10(2)13(18)19-14(4,5)6/h10,15H,8H2,1-7H3. The summed E-state index contributed by atoms with van der Waals surface area (Å²) < 4.78 is 7.18. The molecule has 108 valence electrons. The van der Waals surface area contributed by atoms with E-state index < -0.39 is 5.60 Å².